The van der Waals surface area contributed by atoms with Crippen molar-refractivity contribution in [2.45, 2.75) is 31.1 Å². The van der Waals surface area contributed by atoms with Crippen LogP contribution in [0.15, 0.2) is 77.9 Å². The first-order valence-electron chi connectivity index (χ1n) is 13.5. The van der Waals surface area contributed by atoms with E-state index >= 15 is 4.39 Å². The summed E-state index contributed by atoms with van der Waals surface area (Å²) in [5.74, 6) is -1.40. The molecular weight excluding hydrogens is 525 g/mol. The number of fused-ring (bicyclic) bond motifs is 1. The van der Waals surface area contributed by atoms with Crippen molar-refractivity contribution in [3.8, 4) is 11.3 Å². The number of rotatable bonds is 7. The highest BCUT2D eigenvalue weighted by Gasteiger charge is 2.33. The molecule has 4 aromatic rings. The second kappa shape index (κ2) is 10.3. The molecule has 2 aromatic carbocycles. The number of nitrogens with zero attached hydrogens (tertiary/aromatic N) is 4. The van der Waals surface area contributed by atoms with Gasteiger partial charge in [0.2, 0.25) is 12.1 Å². The van der Waals surface area contributed by atoms with Crippen LogP contribution in [0.25, 0.3) is 11.3 Å². The van der Waals surface area contributed by atoms with E-state index in [1.54, 1.807) is 22.9 Å². The van der Waals surface area contributed by atoms with E-state index in [0.29, 0.717) is 36.5 Å². The number of hydrogen-bond acceptors (Lipinski definition) is 7. The van der Waals surface area contributed by atoms with Crippen LogP contribution in [0.2, 0.25) is 0 Å². The Morgan fingerprint density at radius 2 is 1.78 bits per heavy atom. The first-order chi connectivity index (χ1) is 20.0. The van der Waals surface area contributed by atoms with Crippen molar-refractivity contribution in [2.24, 2.45) is 4.99 Å². The van der Waals surface area contributed by atoms with Crippen LogP contribution in [0, 0.1) is 5.95 Å². The number of nitrogens with one attached hydrogen (secondary N) is 3. The van der Waals surface area contributed by atoms with Gasteiger partial charge in [0.1, 0.15) is 5.82 Å². The van der Waals surface area contributed by atoms with Gasteiger partial charge in [-0.15, -0.1) is 0 Å². The van der Waals surface area contributed by atoms with Crippen molar-refractivity contribution in [1.82, 2.24) is 20.1 Å². The number of carbonyl (C=O) groups excluding carboxylic acids is 2. The van der Waals surface area contributed by atoms with Gasteiger partial charge in [0, 0.05) is 17.2 Å². The van der Waals surface area contributed by atoms with Gasteiger partial charge in [-0.1, -0.05) is 48.5 Å². The molecule has 2 aromatic heterocycles. The normalized spacial score (nSPS) is 18.4. The lowest BCUT2D eigenvalue weighted by molar-refractivity contribution is -0.117. The Kier molecular flexibility index (Phi) is 6.27. The molecule has 2 amide bonds. The summed E-state index contributed by atoms with van der Waals surface area (Å²) in [4.78, 5) is 35.8. The Morgan fingerprint density at radius 1 is 1.00 bits per heavy atom. The van der Waals surface area contributed by atoms with E-state index in [9.17, 15) is 9.59 Å². The molecule has 0 spiro atoms. The summed E-state index contributed by atoms with van der Waals surface area (Å²) in [6, 6.07) is 20.2. The lowest BCUT2D eigenvalue weighted by Gasteiger charge is -2.28. The Balaban J connectivity index is 1.25. The minimum absolute atomic E-state index is 0.103. The molecule has 4 heterocycles. The predicted molar refractivity (Wildman–Crippen MR) is 150 cm³/mol. The molecule has 2 fully saturated rings. The molecule has 0 radical (unpaired) electrons. The number of benzene rings is 2. The molecule has 3 aliphatic rings. The molecule has 7 rings (SSSR count). The van der Waals surface area contributed by atoms with Crippen molar-refractivity contribution in [3.05, 3.63) is 95.6 Å². The van der Waals surface area contributed by atoms with E-state index < -0.39 is 23.9 Å². The first-order valence-corrected chi connectivity index (χ1v) is 13.5. The number of aromatic nitrogens is 3. The third-order valence-electron chi connectivity index (χ3n) is 7.30. The molecule has 1 aliphatic carbocycles. The zero-order valence-electron chi connectivity index (χ0n) is 21.9. The molecule has 1 atom stereocenters. The number of para-hydroxylation sites is 1. The maximum atomic E-state index is 15.4. The number of aliphatic imine (C=N–C) groups is 1. The second-order valence-electron chi connectivity index (χ2n) is 10.3. The minimum atomic E-state index is -1.25. The molecule has 0 unspecified atom stereocenters. The Bertz CT molecular complexity index is 1680. The van der Waals surface area contributed by atoms with E-state index in [4.69, 9.17) is 9.73 Å². The molecule has 0 bridgehead atoms. The average molecular weight is 552 g/mol. The molecule has 10 nitrogen and oxygen atoms in total. The summed E-state index contributed by atoms with van der Waals surface area (Å²) >= 11 is 0. The standard InChI is InChI=1S/C30H26FN7O3/c31-27-21(12-13-24(35-27)33-18-10-11-18)26-22(14-32-38(26)19-15-41-16-19)29(39)37-28-30(40)34-23-9-5-4-8-20(23)25(36-28)17-6-2-1-3-7-17/h1-9,12-14,18-19,28H,10-11,15-16H2,(H,33,35)(H,34,40)(H,37,39)/t28-/m1/s1. The van der Waals surface area contributed by atoms with E-state index in [1.165, 1.54) is 6.20 Å². The number of benzodiazepines with no additional fused rings is 1. The van der Waals surface area contributed by atoms with Crippen molar-refractivity contribution in [3.63, 3.8) is 0 Å². The molecule has 1 saturated carbocycles. The lowest BCUT2D eigenvalue weighted by Crippen LogP contribution is -2.42. The van der Waals surface area contributed by atoms with Crippen molar-refractivity contribution < 1.29 is 18.7 Å². The average Bonchev–Trinajstić information content (AvgIpc) is 3.69. The van der Waals surface area contributed by atoms with E-state index in [-0.39, 0.29) is 22.9 Å². The fraction of sp³-hybridized carbons (Fsp3) is 0.233. The maximum Gasteiger partial charge on any atom is 0.269 e. The predicted octanol–water partition coefficient (Wildman–Crippen LogP) is 3.78. The van der Waals surface area contributed by atoms with Gasteiger partial charge in [0.25, 0.3) is 11.8 Å². The SMILES string of the molecule is O=C(N[C@H]1N=C(c2ccccc2)c2ccccc2NC1=O)c1cnn(C2COC2)c1-c1ccc(NC2CC2)nc1F. The highest BCUT2D eigenvalue weighted by Crippen LogP contribution is 2.33. The van der Waals surface area contributed by atoms with Crippen LogP contribution in [0.1, 0.15) is 40.4 Å². The largest absolute Gasteiger partial charge is 0.377 e. The van der Waals surface area contributed by atoms with Gasteiger partial charge >= 0.3 is 0 Å². The number of hydrogen-bond donors (Lipinski definition) is 3. The molecule has 206 valence electrons. The second-order valence-corrected chi connectivity index (χ2v) is 10.3. The van der Waals surface area contributed by atoms with Crippen LogP contribution < -0.4 is 16.0 Å². The molecule has 3 N–H and O–H groups in total. The van der Waals surface area contributed by atoms with Crippen LogP contribution in [0.4, 0.5) is 15.9 Å². The summed E-state index contributed by atoms with van der Waals surface area (Å²) in [6.07, 6.45) is 2.18. The summed E-state index contributed by atoms with van der Waals surface area (Å²) in [5, 5.41) is 13.2. The third kappa shape index (κ3) is 4.84. The zero-order valence-corrected chi connectivity index (χ0v) is 21.9. The van der Waals surface area contributed by atoms with Crippen molar-refractivity contribution in [2.75, 3.05) is 23.8 Å². The smallest absolute Gasteiger partial charge is 0.269 e. The maximum absolute atomic E-state index is 15.4. The fourth-order valence-electron chi connectivity index (χ4n) is 4.95. The number of ether oxygens (including phenoxy) is 1. The van der Waals surface area contributed by atoms with E-state index in [1.807, 2.05) is 48.5 Å². The van der Waals surface area contributed by atoms with Gasteiger partial charge in [-0.05, 0) is 31.0 Å². The molecule has 11 heteroatoms. The van der Waals surface area contributed by atoms with Gasteiger partial charge in [0.15, 0.2) is 0 Å². The van der Waals surface area contributed by atoms with Crippen LogP contribution in [0.3, 0.4) is 0 Å². The van der Waals surface area contributed by atoms with Gasteiger partial charge in [-0.3, -0.25) is 14.3 Å². The number of amides is 2. The van der Waals surface area contributed by atoms with Crippen molar-refractivity contribution in [1.29, 1.82) is 0 Å². The third-order valence-corrected chi connectivity index (χ3v) is 7.30. The molecule has 2 aliphatic heterocycles. The van der Waals surface area contributed by atoms with Crippen LogP contribution in [0.5, 0.6) is 0 Å². The molecule has 41 heavy (non-hydrogen) atoms. The first kappa shape index (κ1) is 25.1. The van der Waals surface area contributed by atoms with Crippen molar-refractivity contribution >= 4 is 29.0 Å². The minimum Gasteiger partial charge on any atom is -0.377 e. The topological polar surface area (TPSA) is 123 Å². The summed E-state index contributed by atoms with van der Waals surface area (Å²) in [5.41, 5.74) is 3.17. The zero-order chi connectivity index (χ0) is 27.9. The Morgan fingerprint density at radius 3 is 2.51 bits per heavy atom. The monoisotopic (exact) mass is 551 g/mol. The Labute approximate surface area is 234 Å². The highest BCUT2D eigenvalue weighted by atomic mass is 19.1. The summed E-state index contributed by atoms with van der Waals surface area (Å²) in [6.45, 7) is 0.778. The highest BCUT2D eigenvalue weighted by molar-refractivity contribution is 6.20. The van der Waals surface area contributed by atoms with Crippen LogP contribution in [-0.2, 0) is 9.53 Å². The summed E-state index contributed by atoms with van der Waals surface area (Å²) in [7, 11) is 0. The molecule has 1 saturated heterocycles. The lowest BCUT2D eigenvalue weighted by atomic mass is 10.0. The van der Waals surface area contributed by atoms with Gasteiger partial charge < -0.3 is 20.7 Å². The molecular formula is C30H26FN7O3. The fourth-order valence-corrected chi connectivity index (χ4v) is 4.95. The van der Waals surface area contributed by atoms with Gasteiger partial charge in [-0.25, -0.2) is 9.98 Å². The Hall–Kier alpha value is -4.90. The summed E-state index contributed by atoms with van der Waals surface area (Å²) < 4.78 is 22.3. The van der Waals surface area contributed by atoms with Crippen LogP contribution >= 0.6 is 0 Å². The number of halogens is 1. The van der Waals surface area contributed by atoms with E-state index in [2.05, 4.69) is 26.0 Å². The number of carbonyl (C=O) groups is 2. The van der Waals surface area contributed by atoms with Crippen LogP contribution in [-0.4, -0.2) is 57.7 Å². The van der Waals surface area contributed by atoms with Gasteiger partial charge in [0.05, 0.1) is 53.7 Å². The van der Waals surface area contributed by atoms with E-state index in [0.717, 1.165) is 24.0 Å². The van der Waals surface area contributed by atoms with Gasteiger partial charge in [-0.2, -0.15) is 9.49 Å². The number of anilines is 2. The quantitative estimate of drug-likeness (QED) is 0.301. The number of pyridine rings is 1.